The summed E-state index contributed by atoms with van der Waals surface area (Å²) < 4.78 is 19.0. The van der Waals surface area contributed by atoms with Crippen molar-refractivity contribution in [2.24, 2.45) is 0 Å². The minimum atomic E-state index is -0.741. The van der Waals surface area contributed by atoms with Crippen LogP contribution in [-0.4, -0.2) is 33.5 Å². The van der Waals surface area contributed by atoms with Crippen molar-refractivity contribution >= 4 is 33.3 Å². The number of aliphatic hydroxyl groups excluding tert-OH is 1. The minimum Gasteiger partial charge on any atom is -0.390 e. The van der Waals surface area contributed by atoms with Crippen molar-refractivity contribution in [3.05, 3.63) is 56.4 Å². The summed E-state index contributed by atoms with van der Waals surface area (Å²) in [6.07, 6.45) is 3.52. The van der Waals surface area contributed by atoms with Crippen LogP contribution in [0.2, 0.25) is 0 Å². The Balaban J connectivity index is 1.35. The maximum absolute atomic E-state index is 13.5. The molecular weight excluding hydrogens is 399 g/mol. The smallest absolute Gasteiger partial charge is 0.260 e. The molecule has 1 aliphatic rings. The average Bonchev–Trinajstić information content (AvgIpc) is 3.07. The Labute approximate surface area is 170 Å². The van der Waals surface area contributed by atoms with Gasteiger partial charge in [0.25, 0.3) is 5.56 Å². The number of aryl methyl sites for hydroxylation is 2. The number of thiophene rings is 1. The third-order valence-electron chi connectivity index (χ3n) is 4.74. The van der Waals surface area contributed by atoms with E-state index in [1.165, 1.54) is 29.1 Å². The van der Waals surface area contributed by atoms with Gasteiger partial charge in [0.05, 0.1) is 24.7 Å². The molecule has 0 saturated carbocycles. The molecule has 1 aliphatic carbocycles. The van der Waals surface area contributed by atoms with Crippen molar-refractivity contribution in [2.75, 3.05) is 12.4 Å². The van der Waals surface area contributed by atoms with Gasteiger partial charge in [0.2, 0.25) is 0 Å². The van der Waals surface area contributed by atoms with Crippen LogP contribution in [0.5, 0.6) is 0 Å². The Kier molecular flexibility index (Phi) is 6.10. The second kappa shape index (κ2) is 8.73. The molecule has 1 atom stereocenters. The maximum Gasteiger partial charge on any atom is 0.260 e. The van der Waals surface area contributed by atoms with Gasteiger partial charge in [-0.05, 0) is 37.3 Å². The van der Waals surface area contributed by atoms with E-state index < -0.39 is 6.10 Å². The predicted molar refractivity (Wildman–Crippen MR) is 110 cm³/mol. The van der Waals surface area contributed by atoms with Gasteiger partial charge in [0, 0.05) is 16.2 Å². The van der Waals surface area contributed by atoms with Crippen LogP contribution in [0.3, 0.4) is 0 Å². The molecule has 0 fully saturated rings. The van der Waals surface area contributed by atoms with Crippen LogP contribution < -0.4 is 5.56 Å². The van der Waals surface area contributed by atoms with Gasteiger partial charge in [-0.15, -0.1) is 11.3 Å². The van der Waals surface area contributed by atoms with Crippen molar-refractivity contribution in [1.82, 2.24) is 9.97 Å². The highest BCUT2D eigenvalue weighted by Crippen LogP contribution is 2.34. The highest BCUT2D eigenvalue weighted by atomic mass is 32.2. The highest BCUT2D eigenvalue weighted by molar-refractivity contribution is 7.99. The molecule has 4 rings (SSSR count). The molecule has 0 bridgehead atoms. The number of rotatable bonds is 7. The number of benzene rings is 1. The number of hydrogen-bond donors (Lipinski definition) is 2. The average molecular weight is 421 g/mol. The second-order valence-electron chi connectivity index (χ2n) is 6.83. The van der Waals surface area contributed by atoms with Crippen LogP contribution in [-0.2, 0) is 24.2 Å². The lowest BCUT2D eigenvalue weighted by Gasteiger charge is -2.11. The Morgan fingerprint density at radius 3 is 3.00 bits per heavy atom. The van der Waals surface area contributed by atoms with E-state index in [4.69, 9.17) is 4.74 Å². The molecular formula is C20H21FN2O3S2. The Bertz CT molecular complexity index is 1030. The number of nitrogens with one attached hydrogen (secondary N) is 1. The van der Waals surface area contributed by atoms with Crippen molar-refractivity contribution in [3.63, 3.8) is 0 Å². The van der Waals surface area contributed by atoms with Gasteiger partial charge in [-0.25, -0.2) is 9.37 Å². The van der Waals surface area contributed by atoms with E-state index in [-0.39, 0.29) is 24.6 Å². The topological polar surface area (TPSA) is 75.2 Å². The van der Waals surface area contributed by atoms with E-state index in [1.54, 1.807) is 29.5 Å². The zero-order valence-electron chi connectivity index (χ0n) is 15.2. The highest BCUT2D eigenvalue weighted by Gasteiger charge is 2.20. The van der Waals surface area contributed by atoms with Crippen molar-refractivity contribution in [2.45, 2.75) is 43.6 Å². The number of H-pyrrole nitrogens is 1. The van der Waals surface area contributed by atoms with Crippen LogP contribution in [0.15, 0.2) is 34.2 Å². The van der Waals surface area contributed by atoms with Gasteiger partial charge in [-0.3, -0.25) is 4.79 Å². The van der Waals surface area contributed by atoms with Gasteiger partial charge in [0.15, 0.2) is 5.16 Å². The molecule has 0 unspecified atom stereocenters. The summed E-state index contributed by atoms with van der Waals surface area (Å²) in [6.45, 7) is 0.192. The number of thioether (sulfide) groups is 1. The lowest BCUT2D eigenvalue weighted by atomic mass is 9.97. The van der Waals surface area contributed by atoms with Gasteiger partial charge >= 0.3 is 0 Å². The lowest BCUT2D eigenvalue weighted by molar-refractivity contribution is 0.0386. The summed E-state index contributed by atoms with van der Waals surface area (Å²) in [5.74, 6) is 0.0108. The number of nitrogens with zero attached hydrogens (tertiary/aromatic N) is 1. The zero-order valence-corrected chi connectivity index (χ0v) is 16.9. The van der Waals surface area contributed by atoms with E-state index in [1.807, 2.05) is 0 Å². The fraction of sp³-hybridized carbons (Fsp3) is 0.400. The standard InChI is InChI=1S/C20H21FN2O3S2/c21-15-7-3-1-5-12(15)9-26-10-13(24)11-27-20-22-18(25)17-14-6-2-4-8-16(14)28-19(17)23-20/h1,3,5,7,13,24H,2,4,6,8-11H2,(H,22,23,25)/t13-/m1/s1. The minimum absolute atomic E-state index is 0.0844. The van der Waals surface area contributed by atoms with E-state index in [0.717, 1.165) is 35.0 Å². The van der Waals surface area contributed by atoms with Crippen molar-refractivity contribution in [3.8, 4) is 0 Å². The summed E-state index contributed by atoms with van der Waals surface area (Å²) in [5.41, 5.74) is 1.52. The third kappa shape index (κ3) is 4.30. The monoisotopic (exact) mass is 420 g/mol. The third-order valence-corrected chi connectivity index (χ3v) is 6.95. The Morgan fingerprint density at radius 1 is 1.32 bits per heavy atom. The number of halogens is 1. The normalized spacial score (nSPS) is 14.9. The SMILES string of the molecule is O=c1[nH]c(SC[C@H](O)COCc2ccccc2F)nc2sc3c(c12)CCCC3. The van der Waals surface area contributed by atoms with Crippen molar-refractivity contribution in [1.29, 1.82) is 0 Å². The van der Waals surface area contributed by atoms with Gasteiger partial charge in [-0.1, -0.05) is 30.0 Å². The largest absolute Gasteiger partial charge is 0.390 e. The van der Waals surface area contributed by atoms with Crippen LogP contribution in [0.25, 0.3) is 10.2 Å². The molecule has 0 radical (unpaired) electrons. The van der Waals surface area contributed by atoms with Crippen LogP contribution in [0, 0.1) is 5.82 Å². The van der Waals surface area contributed by atoms with E-state index >= 15 is 0 Å². The first-order chi connectivity index (χ1) is 13.6. The van der Waals surface area contributed by atoms with Crippen LogP contribution >= 0.6 is 23.1 Å². The molecule has 28 heavy (non-hydrogen) atoms. The van der Waals surface area contributed by atoms with E-state index in [0.29, 0.717) is 16.5 Å². The molecule has 0 spiro atoms. The predicted octanol–water partition coefficient (Wildman–Crippen LogP) is 3.67. The summed E-state index contributed by atoms with van der Waals surface area (Å²) in [4.78, 5) is 22.0. The number of fused-ring (bicyclic) bond motifs is 3. The number of aromatic amines is 1. The molecule has 1 aromatic carbocycles. The molecule has 8 heteroatoms. The van der Waals surface area contributed by atoms with Crippen LogP contribution in [0.4, 0.5) is 4.39 Å². The molecule has 0 aliphatic heterocycles. The zero-order chi connectivity index (χ0) is 19.5. The summed E-state index contributed by atoms with van der Waals surface area (Å²) in [7, 11) is 0. The number of aromatic nitrogens is 2. The molecule has 0 amide bonds. The molecule has 2 aromatic heterocycles. The number of ether oxygens (including phenoxy) is 1. The maximum atomic E-state index is 13.5. The quantitative estimate of drug-likeness (QED) is 0.451. The summed E-state index contributed by atoms with van der Waals surface area (Å²) in [6, 6.07) is 6.40. The van der Waals surface area contributed by atoms with Gasteiger partial charge in [0.1, 0.15) is 10.6 Å². The molecule has 148 valence electrons. The molecule has 2 heterocycles. The van der Waals surface area contributed by atoms with E-state index in [9.17, 15) is 14.3 Å². The second-order valence-corrected chi connectivity index (χ2v) is 8.93. The molecule has 3 aromatic rings. The Morgan fingerprint density at radius 2 is 2.14 bits per heavy atom. The fourth-order valence-corrected chi connectivity index (χ4v) is 5.44. The van der Waals surface area contributed by atoms with E-state index in [2.05, 4.69) is 9.97 Å². The fourth-order valence-electron chi connectivity index (χ4n) is 3.36. The van der Waals surface area contributed by atoms with Gasteiger partial charge < -0.3 is 14.8 Å². The molecule has 5 nitrogen and oxygen atoms in total. The van der Waals surface area contributed by atoms with Gasteiger partial charge in [-0.2, -0.15) is 0 Å². The summed E-state index contributed by atoms with van der Waals surface area (Å²) in [5, 5.41) is 11.4. The number of aliphatic hydroxyl groups is 1. The first-order valence-corrected chi connectivity index (χ1v) is 11.1. The first kappa shape index (κ1) is 19.6. The summed E-state index contributed by atoms with van der Waals surface area (Å²) >= 11 is 2.90. The molecule has 2 N–H and O–H groups in total. The number of hydrogen-bond acceptors (Lipinski definition) is 6. The lowest BCUT2D eigenvalue weighted by Crippen LogP contribution is -2.19. The first-order valence-electron chi connectivity index (χ1n) is 9.28. The molecule has 0 saturated heterocycles. The Hall–Kier alpha value is -1.74. The van der Waals surface area contributed by atoms with Crippen molar-refractivity contribution < 1.29 is 14.2 Å². The van der Waals surface area contributed by atoms with Crippen LogP contribution in [0.1, 0.15) is 28.8 Å².